The number of nitro benzene ring substituents is 2. The summed E-state index contributed by atoms with van der Waals surface area (Å²) in [7, 11) is 0. The molecule has 2 aromatic carbocycles. The highest BCUT2D eigenvalue weighted by Gasteiger charge is 2.17. The van der Waals surface area contributed by atoms with Gasteiger partial charge in [0.1, 0.15) is 0 Å². The van der Waals surface area contributed by atoms with Crippen molar-refractivity contribution in [3.63, 3.8) is 0 Å². The van der Waals surface area contributed by atoms with Crippen LogP contribution in [0.3, 0.4) is 0 Å². The van der Waals surface area contributed by atoms with Gasteiger partial charge in [-0.1, -0.05) is 12.1 Å². The number of hydrogen-bond acceptors (Lipinski definition) is 9. The molecule has 0 aliphatic rings. The van der Waals surface area contributed by atoms with Crippen molar-refractivity contribution in [3.8, 4) is 17.2 Å². The van der Waals surface area contributed by atoms with Gasteiger partial charge in [-0.15, -0.1) is 0 Å². The van der Waals surface area contributed by atoms with E-state index in [4.69, 9.17) is 9.47 Å². The molecular weight excluding hydrogens is 388 g/mol. The first-order valence-corrected chi connectivity index (χ1v) is 8.15. The van der Waals surface area contributed by atoms with Gasteiger partial charge in [-0.05, 0) is 13.0 Å². The van der Waals surface area contributed by atoms with Gasteiger partial charge in [0.15, 0.2) is 23.9 Å². The minimum Gasteiger partial charge on any atom is -0.504 e. The minimum atomic E-state index is -0.741. The monoisotopic (exact) mass is 404 g/mol. The van der Waals surface area contributed by atoms with Gasteiger partial charge in [0.2, 0.25) is 0 Å². The molecule has 1 amide bonds. The number of nitro groups is 2. The number of ether oxygens (including phenoxy) is 2. The summed E-state index contributed by atoms with van der Waals surface area (Å²) in [4.78, 5) is 32.4. The number of carbonyl (C=O) groups is 1. The molecule has 0 saturated carbocycles. The second kappa shape index (κ2) is 9.64. The van der Waals surface area contributed by atoms with Crippen LogP contribution in [0, 0.1) is 20.2 Å². The lowest BCUT2D eigenvalue weighted by Gasteiger charge is -2.08. The highest BCUT2D eigenvalue weighted by Crippen LogP contribution is 2.33. The molecular formula is C17H16N4O8. The Hall–Kier alpha value is -4.22. The summed E-state index contributed by atoms with van der Waals surface area (Å²) in [6, 6.07) is 7.65. The molecule has 29 heavy (non-hydrogen) atoms. The predicted octanol–water partition coefficient (Wildman–Crippen LogP) is 2.14. The topological polar surface area (TPSA) is 166 Å². The summed E-state index contributed by atoms with van der Waals surface area (Å²) in [5.41, 5.74) is 1.41. The Kier molecular flexibility index (Phi) is 7.01. The van der Waals surface area contributed by atoms with E-state index >= 15 is 0 Å². The van der Waals surface area contributed by atoms with Gasteiger partial charge in [-0.2, -0.15) is 5.10 Å². The molecule has 2 rings (SSSR count). The van der Waals surface area contributed by atoms with Crippen molar-refractivity contribution in [2.45, 2.75) is 6.92 Å². The van der Waals surface area contributed by atoms with Gasteiger partial charge in [0.25, 0.3) is 11.6 Å². The number of benzene rings is 2. The first kappa shape index (κ1) is 21.1. The SMILES string of the molecule is CCOc1cc([N+](=O)[O-])cc(C=NNC(=O)COc2ccccc2[N+](=O)[O-])c1O. The first-order valence-electron chi connectivity index (χ1n) is 8.15. The van der Waals surface area contributed by atoms with E-state index in [1.807, 2.05) is 0 Å². The molecule has 2 N–H and O–H groups in total. The Bertz CT molecular complexity index is 960. The molecule has 0 spiro atoms. The molecule has 12 nitrogen and oxygen atoms in total. The van der Waals surface area contributed by atoms with E-state index in [-0.39, 0.29) is 40.8 Å². The van der Waals surface area contributed by atoms with Gasteiger partial charge in [-0.3, -0.25) is 25.0 Å². The smallest absolute Gasteiger partial charge is 0.310 e. The van der Waals surface area contributed by atoms with Crippen LogP contribution < -0.4 is 14.9 Å². The van der Waals surface area contributed by atoms with Crippen molar-refractivity contribution < 1.29 is 29.2 Å². The number of rotatable bonds is 9. The third-order valence-corrected chi connectivity index (χ3v) is 3.41. The van der Waals surface area contributed by atoms with Crippen LogP contribution >= 0.6 is 0 Å². The van der Waals surface area contributed by atoms with E-state index in [0.29, 0.717) is 0 Å². The largest absolute Gasteiger partial charge is 0.504 e. The number of carbonyl (C=O) groups excluding carboxylic acids is 1. The van der Waals surface area contributed by atoms with Crippen LogP contribution in [0.2, 0.25) is 0 Å². The second-order valence-corrected chi connectivity index (χ2v) is 5.38. The third kappa shape index (κ3) is 5.63. The quantitative estimate of drug-likeness (QED) is 0.364. The number of phenolic OH excluding ortho intramolecular Hbond substituents is 1. The van der Waals surface area contributed by atoms with E-state index in [2.05, 4.69) is 10.5 Å². The maximum Gasteiger partial charge on any atom is 0.310 e. The van der Waals surface area contributed by atoms with Gasteiger partial charge in [0.05, 0.1) is 28.7 Å². The summed E-state index contributed by atoms with van der Waals surface area (Å²) in [5.74, 6) is -1.32. The fourth-order valence-electron chi connectivity index (χ4n) is 2.16. The molecule has 152 valence electrons. The van der Waals surface area contributed by atoms with Gasteiger partial charge >= 0.3 is 5.69 Å². The van der Waals surface area contributed by atoms with Crippen molar-refractivity contribution in [1.29, 1.82) is 0 Å². The summed E-state index contributed by atoms with van der Waals surface area (Å²) in [6.07, 6.45) is 0.994. The van der Waals surface area contributed by atoms with E-state index in [9.17, 15) is 30.1 Å². The molecule has 0 bridgehead atoms. The van der Waals surface area contributed by atoms with Crippen molar-refractivity contribution in [1.82, 2.24) is 5.43 Å². The number of non-ortho nitro benzene ring substituents is 1. The van der Waals surface area contributed by atoms with Gasteiger partial charge < -0.3 is 14.6 Å². The Labute approximate surface area is 163 Å². The Morgan fingerprint density at radius 3 is 2.55 bits per heavy atom. The van der Waals surface area contributed by atoms with Crippen LogP contribution in [0.1, 0.15) is 12.5 Å². The molecule has 0 radical (unpaired) electrons. The molecule has 0 unspecified atom stereocenters. The molecule has 0 aliphatic heterocycles. The maximum absolute atomic E-state index is 11.8. The maximum atomic E-state index is 11.8. The second-order valence-electron chi connectivity index (χ2n) is 5.38. The molecule has 0 fully saturated rings. The number of phenols is 1. The highest BCUT2D eigenvalue weighted by molar-refractivity contribution is 5.87. The van der Waals surface area contributed by atoms with Crippen LogP contribution in [0.25, 0.3) is 0 Å². The molecule has 0 aromatic heterocycles. The predicted molar refractivity (Wildman–Crippen MR) is 100 cm³/mol. The fourth-order valence-corrected chi connectivity index (χ4v) is 2.16. The number of para-hydroxylation sites is 2. The Morgan fingerprint density at radius 2 is 1.90 bits per heavy atom. The molecule has 2 aromatic rings. The number of aromatic hydroxyl groups is 1. The van der Waals surface area contributed by atoms with E-state index in [1.54, 1.807) is 6.92 Å². The van der Waals surface area contributed by atoms with Crippen LogP contribution in [-0.2, 0) is 4.79 Å². The molecule has 0 atom stereocenters. The number of amides is 1. The lowest BCUT2D eigenvalue weighted by atomic mass is 10.1. The summed E-state index contributed by atoms with van der Waals surface area (Å²) < 4.78 is 10.2. The molecule has 0 aliphatic carbocycles. The lowest BCUT2D eigenvalue weighted by molar-refractivity contribution is -0.385. The van der Waals surface area contributed by atoms with Gasteiger partial charge in [0, 0.05) is 17.7 Å². The minimum absolute atomic E-state index is 0.0532. The lowest BCUT2D eigenvalue weighted by Crippen LogP contribution is -2.24. The fraction of sp³-hybridized carbons (Fsp3) is 0.176. The van der Waals surface area contributed by atoms with Crippen molar-refractivity contribution in [2.24, 2.45) is 5.10 Å². The van der Waals surface area contributed by atoms with E-state index < -0.39 is 22.4 Å². The van der Waals surface area contributed by atoms with E-state index in [0.717, 1.165) is 18.3 Å². The van der Waals surface area contributed by atoms with Crippen molar-refractivity contribution in [2.75, 3.05) is 13.2 Å². The first-order chi connectivity index (χ1) is 13.8. The Balaban J connectivity index is 2.05. The number of hydrogen-bond donors (Lipinski definition) is 2. The van der Waals surface area contributed by atoms with Crippen LogP contribution in [0.15, 0.2) is 41.5 Å². The molecule has 0 heterocycles. The summed E-state index contributed by atoms with van der Waals surface area (Å²) >= 11 is 0. The number of nitrogens with one attached hydrogen (secondary N) is 1. The standard InChI is InChI=1S/C17H16N4O8/c1-2-28-15-8-12(20(24)25)7-11(17(15)23)9-18-19-16(22)10-29-14-6-4-3-5-13(14)21(26)27/h3-9,23H,2,10H2,1H3,(H,19,22). The zero-order chi connectivity index (χ0) is 21.4. The molecule has 12 heteroatoms. The zero-order valence-corrected chi connectivity index (χ0v) is 15.1. The van der Waals surface area contributed by atoms with Crippen LogP contribution in [-0.4, -0.2) is 40.3 Å². The third-order valence-electron chi connectivity index (χ3n) is 3.41. The average Bonchev–Trinajstić information content (AvgIpc) is 2.69. The number of nitrogens with zero attached hydrogens (tertiary/aromatic N) is 3. The van der Waals surface area contributed by atoms with E-state index in [1.165, 1.54) is 24.3 Å². The highest BCUT2D eigenvalue weighted by atomic mass is 16.6. The van der Waals surface area contributed by atoms with Crippen molar-refractivity contribution in [3.05, 3.63) is 62.2 Å². The number of hydrazone groups is 1. The summed E-state index contributed by atoms with van der Waals surface area (Å²) in [5, 5.41) is 35.6. The summed E-state index contributed by atoms with van der Waals surface area (Å²) in [6.45, 7) is 1.25. The molecule has 0 saturated heterocycles. The average molecular weight is 404 g/mol. The Morgan fingerprint density at radius 1 is 1.17 bits per heavy atom. The normalized spacial score (nSPS) is 10.5. The van der Waals surface area contributed by atoms with Crippen molar-refractivity contribution >= 4 is 23.5 Å². The van der Waals surface area contributed by atoms with Crippen LogP contribution in [0.5, 0.6) is 17.2 Å². The van der Waals surface area contributed by atoms with Crippen LogP contribution in [0.4, 0.5) is 11.4 Å². The van der Waals surface area contributed by atoms with Gasteiger partial charge in [-0.25, -0.2) is 5.43 Å². The zero-order valence-electron chi connectivity index (χ0n) is 15.1.